The molecular weight excluding hydrogens is 346 g/mol. The van der Waals surface area contributed by atoms with Gasteiger partial charge in [0.25, 0.3) is 0 Å². The SMILES string of the molecule is CCOC(=O)CCC(=O)N1CCCC(c2nc(-c3cccc(C)c3)no2)C1. The zero-order valence-corrected chi connectivity index (χ0v) is 15.8. The van der Waals surface area contributed by atoms with E-state index in [-0.39, 0.29) is 30.6 Å². The van der Waals surface area contributed by atoms with Crippen molar-refractivity contribution in [2.75, 3.05) is 19.7 Å². The summed E-state index contributed by atoms with van der Waals surface area (Å²) in [6.07, 6.45) is 2.06. The lowest BCUT2D eigenvalue weighted by atomic mass is 9.97. The van der Waals surface area contributed by atoms with Crippen molar-refractivity contribution < 1.29 is 18.8 Å². The Morgan fingerprint density at radius 2 is 2.19 bits per heavy atom. The highest BCUT2D eigenvalue weighted by Crippen LogP contribution is 2.28. The van der Waals surface area contributed by atoms with E-state index in [4.69, 9.17) is 9.26 Å². The Bertz CT molecular complexity index is 802. The first-order valence-electron chi connectivity index (χ1n) is 9.41. The second-order valence-corrected chi connectivity index (χ2v) is 6.81. The van der Waals surface area contributed by atoms with Gasteiger partial charge in [0.1, 0.15) is 0 Å². The van der Waals surface area contributed by atoms with Gasteiger partial charge in [-0.2, -0.15) is 4.98 Å². The minimum Gasteiger partial charge on any atom is -0.466 e. The molecule has 1 aromatic heterocycles. The molecule has 0 radical (unpaired) electrons. The van der Waals surface area contributed by atoms with E-state index >= 15 is 0 Å². The quantitative estimate of drug-likeness (QED) is 0.726. The summed E-state index contributed by atoms with van der Waals surface area (Å²) in [5, 5.41) is 4.10. The summed E-state index contributed by atoms with van der Waals surface area (Å²) >= 11 is 0. The first-order chi connectivity index (χ1) is 13.1. The summed E-state index contributed by atoms with van der Waals surface area (Å²) in [6, 6.07) is 7.95. The lowest BCUT2D eigenvalue weighted by Crippen LogP contribution is -2.39. The van der Waals surface area contributed by atoms with Gasteiger partial charge in [0.2, 0.25) is 17.6 Å². The molecule has 2 heterocycles. The van der Waals surface area contributed by atoms with E-state index in [1.165, 1.54) is 0 Å². The summed E-state index contributed by atoms with van der Waals surface area (Å²) in [6.45, 7) is 5.34. The monoisotopic (exact) mass is 371 g/mol. The smallest absolute Gasteiger partial charge is 0.306 e. The number of carbonyl (C=O) groups excluding carboxylic acids is 2. The van der Waals surface area contributed by atoms with Crippen molar-refractivity contribution in [2.24, 2.45) is 0 Å². The molecule has 0 spiro atoms. The number of hydrogen-bond acceptors (Lipinski definition) is 6. The molecule has 1 fully saturated rings. The van der Waals surface area contributed by atoms with Crippen molar-refractivity contribution in [3.63, 3.8) is 0 Å². The maximum Gasteiger partial charge on any atom is 0.306 e. The number of piperidine rings is 1. The van der Waals surface area contributed by atoms with Crippen LogP contribution in [0.4, 0.5) is 0 Å². The Kier molecular flexibility index (Phi) is 6.21. The van der Waals surface area contributed by atoms with Crippen molar-refractivity contribution in [1.82, 2.24) is 15.0 Å². The molecule has 0 saturated carbocycles. The zero-order chi connectivity index (χ0) is 19.2. The summed E-state index contributed by atoms with van der Waals surface area (Å²) in [5.74, 6) is 0.787. The fourth-order valence-electron chi connectivity index (χ4n) is 3.31. The van der Waals surface area contributed by atoms with Gasteiger partial charge in [-0.15, -0.1) is 0 Å². The number of amides is 1. The average Bonchev–Trinajstić information content (AvgIpc) is 3.17. The number of esters is 1. The van der Waals surface area contributed by atoms with Crippen molar-refractivity contribution in [3.05, 3.63) is 35.7 Å². The summed E-state index contributed by atoms with van der Waals surface area (Å²) in [7, 11) is 0. The predicted molar refractivity (Wildman–Crippen MR) is 98.9 cm³/mol. The Balaban J connectivity index is 1.61. The third-order valence-electron chi connectivity index (χ3n) is 4.69. The van der Waals surface area contributed by atoms with Gasteiger partial charge in [0.05, 0.1) is 18.9 Å². The third kappa shape index (κ3) is 4.93. The molecule has 1 aliphatic heterocycles. The minimum absolute atomic E-state index is 0.0244. The number of likely N-dealkylation sites (tertiary alicyclic amines) is 1. The molecule has 27 heavy (non-hydrogen) atoms. The highest BCUT2D eigenvalue weighted by atomic mass is 16.5. The molecule has 0 bridgehead atoms. The van der Waals surface area contributed by atoms with Gasteiger partial charge in [-0.05, 0) is 32.8 Å². The van der Waals surface area contributed by atoms with E-state index in [2.05, 4.69) is 10.1 Å². The normalized spacial score (nSPS) is 17.0. The number of hydrogen-bond donors (Lipinski definition) is 0. The van der Waals surface area contributed by atoms with Gasteiger partial charge in [-0.25, -0.2) is 0 Å². The summed E-state index contributed by atoms with van der Waals surface area (Å²) in [4.78, 5) is 30.2. The highest BCUT2D eigenvalue weighted by molar-refractivity contribution is 5.81. The van der Waals surface area contributed by atoms with Crippen LogP contribution >= 0.6 is 0 Å². The van der Waals surface area contributed by atoms with Crippen LogP contribution in [0.1, 0.15) is 50.0 Å². The third-order valence-corrected chi connectivity index (χ3v) is 4.69. The van der Waals surface area contributed by atoms with Crippen molar-refractivity contribution >= 4 is 11.9 Å². The Morgan fingerprint density at radius 3 is 2.96 bits per heavy atom. The van der Waals surface area contributed by atoms with E-state index in [1.54, 1.807) is 11.8 Å². The van der Waals surface area contributed by atoms with Crippen LogP contribution in [0.5, 0.6) is 0 Å². The van der Waals surface area contributed by atoms with Gasteiger partial charge in [0, 0.05) is 25.1 Å². The number of nitrogens with zero attached hydrogens (tertiary/aromatic N) is 3. The minimum atomic E-state index is -0.334. The largest absolute Gasteiger partial charge is 0.466 e. The maximum absolute atomic E-state index is 12.4. The first-order valence-corrected chi connectivity index (χ1v) is 9.41. The van der Waals surface area contributed by atoms with Gasteiger partial charge in [0.15, 0.2) is 0 Å². The number of benzene rings is 1. The molecule has 1 saturated heterocycles. The van der Waals surface area contributed by atoms with E-state index in [1.807, 2.05) is 31.2 Å². The molecule has 0 N–H and O–H groups in total. The zero-order valence-electron chi connectivity index (χ0n) is 15.8. The van der Waals surface area contributed by atoms with Crippen LogP contribution in [0.25, 0.3) is 11.4 Å². The second-order valence-electron chi connectivity index (χ2n) is 6.81. The number of aromatic nitrogens is 2. The Morgan fingerprint density at radius 1 is 1.33 bits per heavy atom. The van der Waals surface area contributed by atoms with Crippen LogP contribution in [-0.2, 0) is 14.3 Å². The molecule has 144 valence electrons. The Labute approximate surface area is 158 Å². The van der Waals surface area contributed by atoms with Crippen molar-refractivity contribution in [3.8, 4) is 11.4 Å². The number of rotatable bonds is 6. The molecule has 1 amide bonds. The highest BCUT2D eigenvalue weighted by Gasteiger charge is 2.28. The molecule has 0 aliphatic carbocycles. The molecule has 1 unspecified atom stereocenters. The van der Waals surface area contributed by atoms with Crippen LogP contribution in [0.15, 0.2) is 28.8 Å². The Hall–Kier alpha value is -2.70. The standard InChI is InChI=1S/C20H25N3O4/c1-3-26-18(25)10-9-17(24)23-11-5-8-16(13-23)20-21-19(22-27-20)15-7-4-6-14(2)12-15/h4,6-7,12,16H,3,5,8-11,13H2,1-2H3. The van der Waals surface area contributed by atoms with Crippen LogP contribution < -0.4 is 0 Å². The fraction of sp³-hybridized carbons (Fsp3) is 0.500. The maximum atomic E-state index is 12.4. The number of carbonyl (C=O) groups is 2. The second kappa shape index (κ2) is 8.79. The molecule has 2 aromatic rings. The van der Waals surface area contributed by atoms with Gasteiger partial charge in [-0.3, -0.25) is 9.59 Å². The van der Waals surface area contributed by atoms with Crippen LogP contribution in [0.3, 0.4) is 0 Å². The van der Waals surface area contributed by atoms with Crippen molar-refractivity contribution in [2.45, 2.75) is 45.4 Å². The first kappa shape index (κ1) is 19.1. The van der Waals surface area contributed by atoms with Crippen LogP contribution in [-0.4, -0.2) is 46.6 Å². The lowest BCUT2D eigenvalue weighted by Gasteiger charge is -2.31. The van der Waals surface area contributed by atoms with Crippen molar-refractivity contribution in [1.29, 1.82) is 0 Å². The number of ether oxygens (including phenoxy) is 1. The van der Waals surface area contributed by atoms with Gasteiger partial charge in [-0.1, -0.05) is 28.9 Å². The van der Waals surface area contributed by atoms with E-state index in [9.17, 15) is 9.59 Å². The van der Waals surface area contributed by atoms with E-state index in [0.717, 1.165) is 24.0 Å². The van der Waals surface area contributed by atoms with E-state index < -0.39 is 0 Å². The molecule has 7 nitrogen and oxygen atoms in total. The fourth-order valence-corrected chi connectivity index (χ4v) is 3.31. The predicted octanol–water partition coefficient (Wildman–Crippen LogP) is 3.09. The van der Waals surface area contributed by atoms with Gasteiger partial charge >= 0.3 is 5.97 Å². The van der Waals surface area contributed by atoms with Gasteiger partial charge < -0.3 is 14.2 Å². The molecule has 7 heteroatoms. The average molecular weight is 371 g/mol. The van der Waals surface area contributed by atoms with Crippen LogP contribution in [0.2, 0.25) is 0 Å². The molecular formula is C20H25N3O4. The molecule has 1 aliphatic rings. The molecule has 3 rings (SSSR count). The summed E-state index contributed by atoms with van der Waals surface area (Å²) in [5.41, 5.74) is 2.05. The van der Waals surface area contributed by atoms with Crippen LogP contribution in [0, 0.1) is 6.92 Å². The molecule has 1 aromatic carbocycles. The number of aryl methyl sites for hydroxylation is 1. The van der Waals surface area contributed by atoms with E-state index in [0.29, 0.717) is 31.4 Å². The molecule has 1 atom stereocenters. The topological polar surface area (TPSA) is 85.5 Å². The lowest BCUT2D eigenvalue weighted by molar-refractivity contribution is -0.146. The summed E-state index contributed by atoms with van der Waals surface area (Å²) < 4.78 is 10.4.